The fourth-order valence-corrected chi connectivity index (χ4v) is 6.83. The van der Waals surface area contributed by atoms with Crippen molar-refractivity contribution in [3.8, 4) is 6.07 Å². The Morgan fingerprint density at radius 2 is 1.54 bits per heavy atom. The number of rotatable bonds is 9. The topological polar surface area (TPSA) is 98.4 Å². The van der Waals surface area contributed by atoms with Crippen molar-refractivity contribution in [3.05, 3.63) is 0 Å². The molecule has 0 aromatic rings. The molecular formula is C23H37NO4. The third-order valence-corrected chi connectivity index (χ3v) is 7.50. The predicted molar refractivity (Wildman–Crippen MR) is 108 cm³/mol. The molecule has 0 radical (unpaired) electrons. The second-order valence-corrected chi connectivity index (χ2v) is 10.1. The number of carbonyl (C=O) groups is 2. The number of aliphatic carboxylic acids is 2. The second kappa shape index (κ2) is 8.43. The van der Waals surface area contributed by atoms with Crippen LogP contribution >= 0.6 is 0 Å². The molecule has 28 heavy (non-hydrogen) atoms. The molecule has 2 aliphatic rings. The van der Waals surface area contributed by atoms with Gasteiger partial charge in [0.05, 0.1) is 6.07 Å². The molecular weight excluding hydrogens is 354 g/mol. The van der Waals surface area contributed by atoms with Crippen LogP contribution in [0.4, 0.5) is 0 Å². The SMILES string of the molecule is CC(C)CC1(C(CC(C)C)(C(=O)O)C(C#N)(C(=O)O)C2CCCC2)CCCC1. The van der Waals surface area contributed by atoms with Gasteiger partial charge in [0, 0.05) is 0 Å². The molecule has 2 atom stereocenters. The van der Waals surface area contributed by atoms with Gasteiger partial charge >= 0.3 is 11.9 Å². The van der Waals surface area contributed by atoms with E-state index in [1.165, 1.54) is 0 Å². The van der Waals surface area contributed by atoms with E-state index >= 15 is 0 Å². The molecule has 2 unspecified atom stereocenters. The molecule has 0 heterocycles. The predicted octanol–water partition coefficient (Wildman–Crippen LogP) is 5.49. The van der Waals surface area contributed by atoms with Crippen molar-refractivity contribution in [2.24, 2.45) is 34.0 Å². The first kappa shape index (κ1) is 22.7. The summed E-state index contributed by atoms with van der Waals surface area (Å²) in [5.41, 5.74) is -4.09. The van der Waals surface area contributed by atoms with E-state index in [4.69, 9.17) is 0 Å². The van der Waals surface area contributed by atoms with E-state index in [0.717, 1.165) is 25.7 Å². The minimum absolute atomic E-state index is 0.00536. The van der Waals surface area contributed by atoms with Gasteiger partial charge in [-0.15, -0.1) is 0 Å². The largest absolute Gasteiger partial charge is 0.481 e. The molecule has 158 valence electrons. The molecule has 2 rings (SSSR count). The lowest BCUT2D eigenvalue weighted by Gasteiger charge is -2.55. The van der Waals surface area contributed by atoms with Crippen LogP contribution in [0.2, 0.25) is 0 Å². The van der Waals surface area contributed by atoms with Crippen LogP contribution in [0.25, 0.3) is 0 Å². The molecule has 2 saturated carbocycles. The van der Waals surface area contributed by atoms with Crippen molar-refractivity contribution in [3.63, 3.8) is 0 Å². The van der Waals surface area contributed by atoms with Gasteiger partial charge in [0.15, 0.2) is 5.41 Å². The Kier molecular flexibility index (Phi) is 6.84. The monoisotopic (exact) mass is 391 g/mol. The third-order valence-electron chi connectivity index (χ3n) is 7.50. The van der Waals surface area contributed by atoms with Crippen LogP contribution < -0.4 is 0 Å². The highest BCUT2D eigenvalue weighted by molar-refractivity contribution is 5.90. The fraction of sp³-hybridized carbons (Fsp3) is 0.870. The molecule has 0 amide bonds. The highest BCUT2D eigenvalue weighted by Crippen LogP contribution is 2.68. The first-order chi connectivity index (χ1) is 13.1. The second-order valence-electron chi connectivity index (χ2n) is 10.1. The van der Waals surface area contributed by atoms with Crippen molar-refractivity contribution < 1.29 is 19.8 Å². The minimum Gasteiger partial charge on any atom is -0.481 e. The zero-order valence-corrected chi connectivity index (χ0v) is 18.0. The summed E-state index contributed by atoms with van der Waals surface area (Å²) >= 11 is 0. The maximum absolute atomic E-state index is 13.2. The summed E-state index contributed by atoms with van der Waals surface area (Å²) in [7, 11) is 0. The van der Waals surface area contributed by atoms with Gasteiger partial charge in [-0.05, 0) is 61.7 Å². The van der Waals surface area contributed by atoms with Gasteiger partial charge in [0.25, 0.3) is 0 Å². The molecule has 0 aromatic carbocycles. The van der Waals surface area contributed by atoms with Crippen molar-refractivity contribution in [2.45, 2.75) is 91.9 Å². The summed E-state index contributed by atoms with van der Waals surface area (Å²) in [5, 5.41) is 31.7. The van der Waals surface area contributed by atoms with Gasteiger partial charge in [-0.2, -0.15) is 5.26 Å². The van der Waals surface area contributed by atoms with Gasteiger partial charge in [0.2, 0.25) is 0 Å². The Morgan fingerprint density at radius 1 is 1.00 bits per heavy atom. The van der Waals surface area contributed by atoms with Crippen LogP contribution in [-0.2, 0) is 9.59 Å². The fourth-order valence-electron chi connectivity index (χ4n) is 6.83. The van der Waals surface area contributed by atoms with Gasteiger partial charge in [-0.25, -0.2) is 0 Å². The summed E-state index contributed by atoms with van der Waals surface area (Å²) in [5.74, 6) is -2.44. The molecule has 0 bridgehead atoms. The molecule has 5 heteroatoms. The van der Waals surface area contributed by atoms with Gasteiger partial charge in [-0.1, -0.05) is 53.4 Å². The average Bonchev–Trinajstić information content (AvgIpc) is 3.26. The Morgan fingerprint density at radius 3 is 1.89 bits per heavy atom. The van der Waals surface area contributed by atoms with E-state index in [0.29, 0.717) is 32.1 Å². The lowest BCUT2D eigenvalue weighted by molar-refractivity contribution is -0.195. The van der Waals surface area contributed by atoms with Crippen molar-refractivity contribution >= 4 is 11.9 Å². The van der Waals surface area contributed by atoms with E-state index in [2.05, 4.69) is 19.9 Å². The number of nitriles is 1. The molecule has 0 aromatic heterocycles. The van der Waals surface area contributed by atoms with Crippen LogP contribution in [0.1, 0.15) is 91.9 Å². The van der Waals surface area contributed by atoms with Crippen LogP contribution in [0.15, 0.2) is 0 Å². The van der Waals surface area contributed by atoms with Crippen LogP contribution in [0.3, 0.4) is 0 Å². The molecule has 2 N–H and O–H groups in total. The first-order valence-electron chi connectivity index (χ1n) is 11.0. The maximum atomic E-state index is 13.2. The Hall–Kier alpha value is -1.57. The normalized spacial score (nSPS) is 24.0. The lowest BCUT2D eigenvalue weighted by atomic mass is 9.43. The summed E-state index contributed by atoms with van der Waals surface area (Å²) in [4.78, 5) is 26.1. The molecule has 2 fully saturated rings. The Bertz CT molecular complexity index is 623. The van der Waals surface area contributed by atoms with E-state index in [9.17, 15) is 25.1 Å². The minimum atomic E-state index is -1.88. The standard InChI is InChI=1S/C23H37NO4/c1-16(2)13-21(11-7-8-12-21)23(20(27)28,14-17(3)4)22(15-24,19(25)26)18-9-5-6-10-18/h16-18H,5-14H2,1-4H3,(H,25,26)(H,27,28). The third kappa shape index (κ3) is 3.33. The van der Waals surface area contributed by atoms with Crippen molar-refractivity contribution in [1.29, 1.82) is 5.26 Å². The van der Waals surface area contributed by atoms with E-state index < -0.39 is 34.1 Å². The maximum Gasteiger partial charge on any atom is 0.325 e. The van der Waals surface area contributed by atoms with Crippen molar-refractivity contribution in [1.82, 2.24) is 0 Å². The number of hydrogen-bond donors (Lipinski definition) is 2. The zero-order chi connectivity index (χ0) is 21.2. The first-order valence-corrected chi connectivity index (χ1v) is 11.0. The summed E-state index contributed by atoms with van der Waals surface area (Å²) < 4.78 is 0. The van der Waals surface area contributed by atoms with E-state index in [1.54, 1.807) is 0 Å². The molecule has 0 aliphatic heterocycles. The number of nitrogens with zero attached hydrogens (tertiary/aromatic N) is 1. The molecule has 0 saturated heterocycles. The number of hydrogen-bond acceptors (Lipinski definition) is 3. The van der Waals surface area contributed by atoms with Gasteiger partial charge < -0.3 is 10.2 Å². The molecule has 0 spiro atoms. The molecule has 5 nitrogen and oxygen atoms in total. The quantitative estimate of drug-likeness (QED) is 0.541. The number of carboxylic acids is 2. The highest BCUT2D eigenvalue weighted by atomic mass is 16.4. The summed E-state index contributed by atoms with van der Waals surface area (Å²) in [6.45, 7) is 8.06. The Balaban J connectivity index is 2.87. The van der Waals surface area contributed by atoms with Gasteiger partial charge in [-0.3, -0.25) is 9.59 Å². The van der Waals surface area contributed by atoms with Crippen LogP contribution in [0.5, 0.6) is 0 Å². The van der Waals surface area contributed by atoms with Gasteiger partial charge in [0.1, 0.15) is 5.41 Å². The van der Waals surface area contributed by atoms with E-state index in [1.807, 2.05) is 13.8 Å². The Labute approximate surface area is 169 Å². The molecule has 2 aliphatic carbocycles. The number of carboxylic acid groups (broad SMARTS) is 2. The van der Waals surface area contributed by atoms with Crippen LogP contribution in [0, 0.1) is 45.3 Å². The van der Waals surface area contributed by atoms with E-state index in [-0.39, 0.29) is 18.3 Å². The smallest absolute Gasteiger partial charge is 0.325 e. The summed E-state index contributed by atoms with van der Waals surface area (Å²) in [6.07, 6.45) is 7.13. The summed E-state index contributed by atoms with van der Waals surface area (Å²) in [6, 6.07) is 2.18. The average molecular weight is 392 g/mol. The zero-order valence-electron chi connectivity index (χ0n) is 18.0. The lowest BCUT2D eigenvalue weighted by Crippen LogP contribution is -2.63. The van der Waals surface area contributed by atoms with Crippen LogP contribution in [-0.4, -0.2) is 22.2 Å². The van der Waals surface area contributed by atoms with Crippen molar-refractivity contribution in [2.75, 3.05) is 0 Å². The highest BCUT2D eigenvalue weighted by Gasteiger charge is 2.73.